The molecule has 41 heavy (non-hydrogen) atoms. The lowest BCUT2D eigenvalue weighted by molar-refractivity contribution is -0.384. The van der Waals surface area contributed by atoms with Gasteiger partial charge < -0.3 is 13.9 Å². The van der Waals surface area contributed by atoms with Crippen LogP contribution >= 0.6 is 11.3 Å². The Bertz CT molecular complexity index is 1900. The summed E-state index contributed by atoms with van der Waals surface area (Å²) in [6, 6.07) is 15.1. The molecule has 0 fully saturated rings. The molecule has 1 aliphatic rings. The van der Waals surface area contributed by atoms with E-state index in [1.54, 1.807) is 68.4 Å². The number of carbonyl (C=O) groups is 2. The van der Waals surface area contributed by atoms with Crippen LogP contribution in [0.2, 0.25) is 0 Å². The van der Waals surface area contributed by atoms with E-state index < -0.39 is 28.5 Å². The molecule has 3 heterocycles. The normalized spacial score (nSPS) is 14.8. The van der Waals surface area contributed by atoms with Crippen LogP contribution in [-0.2, 0) is 14.3 Å². The molecule has 12 heteroatoms. The van der Waals surface area contributed by atoms with E-state index >= 15 is 0 Å². The lowest BCUT2D eigenvalue weighted by Crippen LogP contribution is -2.39. The van der Waals surface area contributed by atoms with Gasteiger partial charge in [-0.1, -0.05) is 35.6 Å². The summed E-state index contributed by atoms with van der Waals surface area (Å²) in [7, 11) is 0. The molecule has 208 valence electrons. The quantitative estimate of drug-likeness (QED) is 0.140. The number of hydrogen-bond donors (Lipinski definition) is 0. The number of allylic oxidation sites excluding steroid dienone is 1. The number of benzene rings is 2. The van der Waals surface area contributed by atoms with Crippen LogP contribution in [0.1, 0.15) is 38.1 Å². The van der Waals surface area contributed by atoms with E-state index in [2.05, 4.69) is 4.99 Å². The fourth-order valence-electron chi connectivity index (χ4n) is 4.54. The van der Waals surface area contributed by atoms with Gasteiger partial charge in [-0.05, 0) is 49.7 Å². The molecule has 0 amide bonds. The molecule has 0 saturated heterocycles. The third-order valence-electron chi connectivity index (χ3n) is 6.24. The maximum atomic E-state index is 13.8. The van der Waals surface area contributed by atoms with Gasteiger partial charge in [0.05, 0.1) is 38.9 Å². The van der Waals surface area contributed by atoms with Gasteiger partial charge in [-0.2, -0.15) is 0 Å². The number of furan rings is 1. The predicted molar refractivity (Wildman–Crippen MR) is 149 cm³/mol. The number of para-hydroxylation sites is 1. The molecule has 1 aliphatic heterocycles. The predicted octanol–water partition coefficient (Wildman–Crippen LogP) is 3.89. The highest BCUT2D eigenvalue weighted by Crippen LogP contribution is 2.33. The summed E-state index contributed by atoms with van der Waals surface area (Å²) in [5.74, 6) is -0.164. The SMILES string of the molecule is CCOC(=O)C1=C(C)N=c2s/c(=C/c3ccc(-c4ccccc4[N+](=O)[O-])o3)c(=O)n2[C@@H]1c1ccc(OC(C)=O)cc1. The largest absolute Gasteiger partial charge is 0.463 e. The van der Waals surface area contributed by atoms with Gasteiger partial charge in [0.15, 0.2) is 4.80 Å². The smallest absolute Gasteiger partial charge is 0.338 e. The topological polar surface area (TPSA) is 143 Å². The number of nitro groups is 1. The molecule has 2 aromatic carbocycles. The maximum absolute atomic E-state index is 13.8. The van der Waals surface area contributed by atoms with Crippen LogP contribution in [0.5, 0.6) is 5.75 Å². The van der Waals surface area contributed by atoms with Crippen LogP contribution in [0.3, 0.4) is 0 Å². The number of aromatic nitrogens is 1. The van der Waals surface area contributed by atoms with Crippen LogP contribution in [-0.4, -0.2) is 28.0 Å². The molecule has 11 nitrogen and oxygen atoms in total. The van der Waals surface area contributed by atoms with E-state index in [9.17, 15) is 24.5 Å². The Labute approximate surface area is 236 Å². The Balaban J connectivity index is 1.62. The summed E-state index contributed by atoms with van der Waals surface area (Å²) >= 11 is 1.12. The minimum Gasteiger partial charge on any atom is -0.463 e. The zero-order valence-corrected chi connectivity index (χ0v) is 23.0. The summed E-state index contributed by atoms with van der Waals surface area (Å²) in [5.41, 5.74) is 0.994. The van der Waals surface area contributed by atoms with Gasteiger partial charge >= 0.3 is 11.9 Å². The third kappa shape index (κ3) is 5.37. The Morgan fingerprint density at radius 1 is 1.15 bits per heavy atom. The fourth-order valence-corrected chi connectivity index (χ4v) is 5.56. The number of nitrogens with zero attached hydrogens (tertiary/aromatic N) is 3. The van der Waals surface area contributed by atoms with Crippen molar-refractivity contribution < 1.29 is 28.4 Å². The molecule has 0 unspecified atom stereocenters. The van der Waals surface area contributed by atoms with Gasteiger partial charge in [0.25, 0.3) is 11.2 Å². The second-order valence-corrected chi connectivity index (χ2v) is 9.95. The van der Waals surface area contributed by atoms with Crippen molar-refractivity contribution >= 4 is 35.0 Å². The van der Waals surface area contributed by atoms with E-state index in [1.165, 1.54) is 23.6 Å². The summed E-state index contributed by atoms with van der Waals surface area (Å²) in [6.45, 7) is 4.79. The van der Waals surface area contributed by atoms with Gasteiger partial charge in [-0.15, -0.1) is 0 Å². The fraction of sp³-hybridized carbons (Fsp3) is 0.172. The molecule has 4 aromatic rings. The average molecular weight is 574 g/mol. The molecular weight excluding hydrogens is 550 g/mol. The molecule has 0 spiro atoms. The Kier molecular flexibility index (Phi) is 7.49. The lowest BCUT2D eigenvalue weighted by atomic mass is 9.96. The van der Waals surface area contributed by atoms with Crippen molar-refractivity contribution in [2.75, 3.05) is 6.61 Å². The number of fused-ring (bicyclic) bond motifs is 1. The minimum atomic E-state index is -0.849. The van der Waals surface area contributed by atoms with Crippen molar-refractivity contribution in [3.05, 3.63) is 113 Å². The van der Waals surface area contributed by atoms with Gasteiger partial charge in [-0.3, -0.25) is 24.3 Å². The van der Waals surface area contributed by atoms with E-state index in [4.69, 9.17) is 13.9 Å². The highest BCUT2D eigenvalue weighted by Gasteiger charge is 2.33. The van der Waals surface area contributed by atoms with E-state index in [0.717, 1.165) is 11.3 Å². The second kappa shape index (κ2) is 11.2. The number of rotatable bonds is 7. The number of thiazole rings is 1. The monoisotopic (exact) mass is 573 g/mol. The minimum absolute atomic E-state index is 0.102. The van der Waals surface area contributed by atoms with Crippen LogP contribution in [0.25, 0.3) is 17.4 Å². The van der Waals surface area contributed by atoms with Crippen LogP contribution < -0.4 is 19.6 Å². The van der Waals surface area contributed by atoms with Crippen molar-refractivity contribution in [3.63, 3.8) is 0 Å². The first-order chi connectivity index (χ1) is 19.7. The molecule has 0 radical (unpaired) electrons. The van der Waals surface area contributed by atoms with Crippen LogP contribution in [0.15, 0.2) is 86.1 Å². The zero-order valence-electron chi connectivity index (χ0n) is 22.2. The molecule has 2 aromatic heterocycles. The molecule has 0 bridgehead atoms. The van der Waals surface area contributed by atoms with Gasteiger partial charge in [0.2, 0.25) is 0 Å². The van der Waals surface area contributed by atoms with Gasteiger partial charge in [0.1, 0.15) is 17.3 Å². The van der Waals surface area contributed by atoms with Crippen LogP contribution in [0, 0.1) is 10.1 Å². The Hall–Kier alpha value is -5.10. The van der Waals surface area contributed by atoms with E-state index in [1.807, 2.05) is 0 Å². The lowest BCUT2D eigenvalue weighted by Gasteiger charge is -2.24. The summed E-state index contributed by atoms with van der Waals surface area (Å²) in [6.07, 6.45) is 1.53. The van der Waals surface area contributed by atoms with Gasteiger partial charge in [0, 0.05) is 19.1 Å². The van der Waals surface area contributed by atoms with Crippen molar-refractivity contribution in [1.82, 2.24) is 4.57 Å². The second-order valence-electron chi connectivity index (χ2n) is 8.94. The van der Waals surface area contributed by atoms with Crippen molar-refractivity contribution in [2.24, 2.45) is 4.99 Å². The molecule has 0 N–H and O–H groups in total. The Morgan fingerprint density at radius 2 is 1.88 bits per heavy atom. The first-order valence-electron chi connectivity index (χ1n) is 12.5. The summed E-state index contributed by atoms with van der Waals surface area (Å²) < 4.78 is 18.0. The molecule has 0 saturated carbocycles. The number of nitro benzene ring substituents is 1. The first-order valence-corrected chi connectivity index (χ1v) is 13.3. The van der Waals surface area contributed by atoms with E-state index in [-0.39, 0.29) is 28.2 Å². The van der Waals surface area contributed by atoms with E-state index in [0.29, 0.717) is 33.1 Å². The van der Waals surface area contributed by atoms with Crippen molar-refractivity contribution in [2.45, 2.75) is 26.8 Å². The van der Waals surface area contributed by atoms with Crippen molar-refractivity contribution in [1.29, 1.82) is 0 Å². The standard InChI is InChI=1S/C29H23N3O8S/c1-4-38-28(35)25-16(2)30-29-31(26(25)18-9-11-19(12-10-18)39-17(3)33)27(34)24(41-29)15-20-13-14-23(40-20)21-7-5-6-8-22(21)32(36)37/h5-15,26H,4H2,1-3H3/b24-15+/t26-/m1/s1. The zero-order chi connectivity index (χ0) is 29.3. The number of carbonyl (C=O) groups excluding carboxylic acids is 2. The first kappa shape index (κ1) is 27.5. The summed E-state index contributed by atoms with van der Waals surface area (Å²) in [4.78, 5) is 54.0. The number of hydrogen-bond acceptors (Lipinski definition) is 10. The number of esters is 2. The highest BCUT2D eigenvalue weighted by molar-refractivity contribution is 7.07. The summed E-state index contributed by atoms with van der Waals surface area (Å²) in [5, 5.41) is 11.4. The van der Waals surface area contributed by atoms with Crippen molar-refractivity contribution in [3.8, 4) is 17.1 Å². The average Bonchev–Trinajstić information content (AvgIpc) is 3.52. The molecule has 1 atom stereocenters. The molecule has 5 rings (SSSR count). The third-order valence-corrected chi connectivity index (χ3v) is 7.22. The number of ether oxygens (including phenoxy) is 2. The molecule has 0 aliphatic carbocycles. The Morgan fingerprint density at radius 3 is 2.56 bits per heavy atom. The van der Waals surface area contributed by atoms with Crippen LogP contribution in [0.4, 0.5) is 5.69 Å². The highest BCUT2D eigenvalue weighted by atomic mass is 32.1. The maximum Gasteiger partial charge on any atom is 0.338 e. The van der Waals surface area contributed by atoms with Gasteiger partial charge in [-0.25, -0.2) is 9.79 Å². The molecular formula is C29H23N3O8S.